The molecule has 134 valence electrons. The van der Waals surface area contributed by atoms with Crippen LogP contribution in [-0.4, -0.2) is 63.0 Å². The molecule has 4 rings (SSSR count). The Kier molecular flexibility index (Phi) is 4.21. The number of aryl methyl sites for hydroxylation is 1. The van der Waals surface area contributed by atoms with Gasteiger partial charge in [-0.1, -0.05) is 0 Å². The molecule has 2 aromatic heterocycles. The van der Waals surface area contributed by atoms with Crippen LogP contribution in [0.3, 0.4) is 0 Å². The third kappa shape index (κ3) is 2.97. The van der Waals surface area contributed by atoms with Gasteiger partial charge in [0.1, 0.15) is 22.9 Å². The molecule has 1 atom stereocenters. The molecule has 0 aliphatic carbocycles. The van der Waals surface area contributed by atoms with Gasteiger partial charge in [-0.25, -0.2) is 9.97 Å². The first kappa shape index (κ1) is 16.4. The van der Waals surface area contributed by atoms with Gasteiger partial charge >= 0.3 is 0 Å². The van der Waals surface area contributed by atoms with Gasteiger partial charge in [0.15, 0.2) is 5.82 Å². The number of H-pyrrole nitrogens is 1. The summed E-state index contributed by atoms with van der Waals surface area (Å²) in [7, 11) is 1.80. The Morgan fingerprint density at radius 2 is 2.12 bits per heavy atom. The average molecular weight is 353 g/mol. The van der Waals surface area contributed by atoms with Crippen molar-refractivity contribution in [2.24, 2.45) is 0 Å². The van der Waals surface area contributed by atoms with Crippen molar-refractivity contribution in [3.8, 4) is 0 Å². The summed E-state index contributed by atoms with van der Waals surface area (Å²) in [5.41, 5.74) is 2.77. The zero-order chi connectivity index (χ0) is 18.1. The van der Waals surface area contributed by atoms with E-state index in [0.29, 0.717) is 36.7 Å². The highest BCUT2D eigenvalue weighted by atomic mass is 16.5. The largest absolute Gasteiger partial charge is 0.377 e. The van der Waals surface area contributed by atoms with Crippen LogP contribution in [0.15, 0.2) is 24.3 Å². The van der Waals surface area contributed by atoms with Gasteiger partial charge < -0.3 is 15.0 Å². The summed E-state index contributed by atoms with van der Waals surface area (Å²) < 4.78 is 5.60. The lowest BCUT2D eigenvalue weighted by Gasteiger charge is -2.34. The second kappa shape index (κ2) is 6.68. The molecule has 0 bridgehead atoms. The summed E-state index contributed by atoms with van der Waals surface area (Å²) in [6, 6.07) is 6.80. The Bertz CT molecular complexity index is 955. The van der Waals surface area contributed by atoms with Crippen LogP contribution in [0.1, 0.15) is 27.9 Å². The SMILES string of the molecule is CNc1cc(C)nc([C@@H]2COCCN2C(=O)c2ccc3n[nH]nc3c2)n1. The fraction of sp³-hybridized carbons (Fsp3) is 0.353. The average Bonchev–Trinajstić information content (AvgIpc) is 3.14. The molecule has 0 unspecified atom stereocenters. The number of rotatable bonds is 3. The quantitative estimate of drug-likeness (QED) is 0.731. The van der Waals surface area contributed by atoms with Gasteiger partial charge in [0.05, 0.1) is 13.2 Å². The lowest BCUT2D eigenvalue weighted by Crippen LogP contribution is -2.44. The highest BCUT2D eigenvalue weighted by Gasteiger charge is 2.32. The molecule has 1 aliphatic rings. The van der Waals surface area contributed by atoms with Crippen molar-refractivity contribution in [3.05, 3.63) is 41.3 Å². The number of carbonyl (C=O) groups excluding carboxylic acids is 1. The summed E-state index contributed by atoms with van der Waals surface area (Å²) in [5, 5.41) is 13.7. The predicted octanol–water partition coefficient (Wildman–Crippen LogP) is 1.31. The van der Waals surface area contributed by atoms with E-state index in [1.807, 2.05) is 13.0 Å². The van der Waals surface area contributed by atoms with Crippen LogP contribution in [0.2, 0.25) is 0 Å². The molecule has 3 heterocycles. The molecule has 1 saturated heterocycles. The maximum absolute atomic E-state index is 13.1. The molecular formula is C17H19N7O2. The van der Waals surface area contributed by atoms with E-state index in [0.717, 1.165) is 17.0 Å². The number of amides is 1. The van der Waals surface area contributed by atoms with Crippen molar-refractivity contribution in [1.29, 1.82) is 0 Å². The van der Waals surface area contributed by atoms with Crippen LogP contribution in [0.4, 0.5) is 5.82 Å². The van der Waals surface area contributed by atoms with E-state index in [-0.39, 0.29) is 11.9 Å². The summed E-state index contributed by atoms with van der Waals surface area (Å²) in [6.45, 7) is 3.23. The number of morpholine rings is 1. The van der Waals surface area contributed by atoms with E-state index in [2.05, 4.69) is 30.7 Å². The highest BCUT2D eigenvalue weighted by Crippen LogP contribution is 2.25. The Morgan fingerprint density at radius 3 is 2.96 bits per heavy atom. The molecule has 0 saturated carbocycles. The third-order valence-electron chi connectivity index (χ3n) is 4.38. The zero-order valence-corrected chi connectivity index (χ0v) is 14.6. The van der Waals surface area contributed by atoms with Crippen LogP contribution >= 0.6 is 0 Å². The molecule has 2 N–H and O–H groups in total. The van der Waals surface area contributed by atoms with Gasteiger partial charge in [0.25, 0.3) is 5.91 Å². The van der Waals surface area contributed by atoms with Crippen LogP contribution in [0, 0.1) is 6.92 Å². The lowest BCUT2D eigenvalue weighted by atomic mass is 10.1. The van der Waals surface area contributed by atoms with Gasteiger partial charge in [-0.2, -0.15) is 15.4 Å². The minimum Gasteiger partial charge on any atom is -0.377 e. The van der Waals surface area contributed by atoms with Gasteiger partial charge in [-0.05, 0) is 25.1 Å². The number of hydrogen-bond acceptors (Lipinski definition) is 7. The van der Waals surface area contributed by atoms with E-state index in [1.54, 1.807) is 30.1 Å². The fourth-order valence-corrected chi connectivity index (χ4v) is 3.07. The lowest BCUT2D eigenvalue weighted by molar-refractivity contribution is -0.00522. The Morgan fingerprint density at radius 1 is 1.27 bits per heavy atom. The molecule has 26 heavy (non-hydrogen) atoms. The Hall–Kier alpha value is -3.07. The van der Waals surface area contributed by atoms with Crippen molar-refractivity contribution in [1.82, 2.24) is 30.3 Å². The van der Waals surface area contributed by atoms with Crippen molar-refractivity contribution in [2.45, 2.75) is 13.0 Å². The molecule has 0 spiro atoms. The number of fused-ring (bicyclic) bond motifs is 1. The molecule has 1 fully saturated rings. The number of nitrogens with one attached hydrogen (secondary N) is 2. The molecule has 9 heteroatoms. The zero-order valence-electron chi connectivity index (χ0n) is 14.6. The summed E-state index contributed by atoms with van der Waals surface area (Å²) in [5.74, 6) is 1.19. The maximum Gasteiger partial charge on any atom is 0.254 e. The highest BCUT2D eigenvalue weighted by molar-refractivity contribution is 5.97. The molecule has 1 aromatic carbocycles. The molecule has 0 radical (unpaired) electrons. The number of aromatic nitrogens is 5. The monoisotopic (exact) mass is 353 g/mol. The van der Waals surface area contributed by atoms with Gasteiger partial charge in [-0.15, -0.1) is 0 Å². The van der Waals surface area contributed by atoms with E-state index < -0.39 is 0 Å². The second-order valence-corrected chi connectivity index (χ2v) is 6.12. The van der Waals surface area contributed by atoms with Gasteiger partial charge in [-0.3, -0.25) is 4.79 Å². The number of carbonyl (C=O) groups is 1. The van der Waals surface area contributed by atoms with Crippen LogP contribution < -0.4 is 5.32 Å². The molecule has 9 nitrogen and oxygen atoms in total. The van der Waals surface area contributed by atoms with Gasteiger partial charge in [0.2, 0.25) is 0 Å². The fourth-order valence-electron chi connectivity index (χ4n) is 3.07. The number of aromatic amines is 1. The van der Waals surface area contributed by atoms with Crippen LogP contribution in [0.5, 0.6) is 0 Å². The first-order chi connectivity index (χ1) is 12.7. The normalized spacial score (nSPS) is 17.5. The maximum atomic E-state index is 13.1. The summed E-state index contributed by atoms with van der Waals surface area (Å²) in [6.07, 6.45) is 0. The van der Waals surface area contributed by atoms with Crippen molar-refractivity contribution in [2.75, 3.05) is 32.1 Å². The number of hydrogen-bond donors (Lipinski definition) is 2. The summed E-state index contributed by atoms with van der Waals surface area (Å²) >= 11 is 0. The minimum atomic E-state index is -0.337. The number of nitrogens with zero attached hydrogens (tertiary/aromatic N) is 5. The molecular weight excluding hydrogens is 334 g/mol. The predicted molar refractivity (Wildman–Crippen MR) is 94.8 cm³/mol. The Labute approximate surface area is 149 Å². The Balaban J connectivity index is 1.68. The topological polar surface area (TPSA) is 109 Å². The number of ether oxygens (including phenoxy) is 1. The number of anilines is 1. The van der Waals surface area contributed by atoms with Gasteiger partial charge in [0, 0.05) is 30.9 Å². The van der Waals surface area contributed by atoms with Crippen LogP contribution in [-0.2, 0) is 4.74 Å². The molecule has 3 aromatic rings. The van der Waals surface area contributed by atoms with Crippen molar-refractivity contribution < 1.29 is 9.53 Å². The van der Waals surface area contributed by atoms with Crippen molar-refractivity contribution in [3.63, 3.8) is 0 Å². The van der Waals surface area contributed by atoms with E-state index in [1.165, 1.54) is 0 Å². The first-order valence-electron chi connectivity index (χ1n) is 8.38. The van der Waals surface area contributed by atoms with Crippen LogP contribution in [0.25, 0.3) is 11.0 Å². The smallest absolute Gasteiger partial charge is 0.254 e. The number of benzene rings is 1. The van der Waals surface area contributed by atoms with E-state index >= 15 is 0 Å². The minimum absolute atomic E-state index is 0.0979. The molecule has 1 amide bonds. The van der Waals surface area contributed by atoms with E-state index in [9.17, 15) is 4.79 Å². The third-order valence-corrected chi connectivity index (χ3v) is 4.38. The van der Waals surface area contributed by atoms with Crippen molar-refractivity contribution >= 4 is 22.8 Å². The summed E-state index contributed by atoms with van der Waals surface area (Å²) in [4.78, 5) is 23.9. The first-order valence-corrected chi connectivity index (χ1v) is 8.38. The second-order valence-electron chi connectivity index (χ2n) is 6.12. The van der Waals surface area contributed by atoms with E-state index in [4.69, 9.17) is 4.74 Å². The standard InChI is InChI=1S/C17H19N7O2/c1-10-7-15(18-2)20-16(19-10)14-9-26-6-5-24(14)17(25)11-3-4-12-13(8-11)22-23-21-12/h3-4,7-8,14H,5-6,9H2,1-2H3,(H,18,19,20)(H,21,22,23)/t14-/m0/s1. The molecule has 1 aliphatic heterocycles.